The quantitative estimate of drug-likeness (QED) is 0.712. The van der Waals surface area contributed by atoms with E-state index in [1.54, 1.807) is 23.6 Å². The molecule has 2 aliphatic heterocycles. The number of sulfonamides is 1. The lowest BCUT2D eigenvalue weighted by atomic mass is 9.93. The van der Waals surface area contributed by atoms with Crippen molar-refractivity contribution < 1.29 is 26.8 Å². The third-order valence-electron chi connectivity index (χ3n) is 4.73. The molecule has 0 N–H and O–H groups in total. The van der Waals surface area contributed by atoms with Gasteiger partial charge in [0.2, 0.25) is 4.21 Å². The van der Waals surface area contributed by atoms with Gasteiger partial charge in [0.15, 0.2) is 16.0 Å². The minimum Gasteiger partial charge on any atom is -0.592 e. The molecule has 1 aromatic carbocycles. The molecule has 2 unspecified atom stereocenters. The number of benzene rings is 1. The summed E-state index contributed by atoms with van der Waals surface area (Å²) in [7, 11) is -3.59. The Hall–Kier alpha value is -1.75. The second kappa shape index (κ2) is 6.40. The largest absolute Gasteiger partial charge is 0.592 e. The maximum Gasteiger partial charge on any atom is 0.416 e. The van der Waals surface area contributed by atoms with Crippen LogP contribution in [-0.2, 0) is 25.6 Å². The van der Waals surface area contributed by atoms with Crippen molar-refractivity contribution in [2.75, 3.05) is 13.1 Å². The van der Waals surface area contributed by atoms with Crippen LogP contribution in [0.15, 0.2) is 51.1 Å². The van der Waals surface area contributed by atoms with Crippen LogP contribution in [-0.4, -0.2) is 33.3 Å². The molecule has 1 spiro atoms. The summed E-state index contributed by atoms with van der Waals surface area (Å²) in [6, 6.07) is 8.13. The lowest BCUT2D eigenvalue weighted by Crippen LogP contribution is -2.39. The fourth-order valence-corrected chi connectivity index (χ4v) is 5.98. The van der Waals surface area contributed by atoms with Gasteiger partial charge in [-0.3, -0.25) is 0 Å². The lowest BCUT2D eigenvalue weighted by Gasteiger charge is -2.24. The van der Waals surface area contributed by atoms with E-state index in [1.807, 2.05) is 0 Å². The smallest absolute Gasteiger partial charge is 0.416 e. The zero-order chi connectivity index (χ0) is 19.3. The van der Waals surface area contributed by atoms with Gasteiger partial charge in [-0.1, -0.05) is 32.8 Å². The molecular weight excluding hydrogens is 401 g/mol. The van der Waals surface area contributed by atoms with Crippen molar-refractivity contribution in [3.63, 3.8) is 0 Å². The standard InChI is InChI=1S/C17H15F3N2O3S2/c18-17(19,20)13-4-1-3-12(9-13)14-10-16(25-21-14)6-7-22(11-16)27(23,24)15-5-2-8-26-15/h1-5,8-9H,6-7,10-11H2. The summed E-state index contributed by atoms with van der Waals surface area (Å²) in [6.07, 6.45) is -3.74. The van der Waals surface area contributed by atoms with Gasteiger partial charge in [-0.25, -0.2) is 0 Å². The number of hydrogen-bond acceptors (Lipinski definition) is 5. The molecule has 0 saturated carbocycles. The molecule has 1 saturated heterocycles. The van der Waals surface area contributed by atoms with Crippen LogP contribution in [0.25, 0.3) is 0 Å². The van der Waals surface area contributed by atoms with Crippen LogP contribution in [0.5, 0.6) is 0 Å². The molecule has 0 bridgehead atoms. The maximum absolute atomic E-state index is 12.9. The van der Waals surface area contributed by atoms with Crippen LogP contribution in [0.4, 0.5) is 13.2 Å². The Morgan fingerprint density at radius 3 is 2.81 bits per heavy atom. The van der Waals surface area contributed by atoms with Gasteiger partial charge in [-0.15, -0.1) is 4.31 Å². The van der Waals surface area contributed by atoms with Gasteiger partial charge in [0.05, 0.1) is 17.8 Å². The first-order valence-corrected chi connectivity index (χ1v) is 10.5. The van der Waals surface area contributed by atoms with Crippen molar-refractivity contribution in [3.05, 3.63) is 52.9 Å². The van der Waals surface area contributed by atoms with E-state index >= 15 is 0 Å². The molecule has 1 aromatic heterocycles. The van der Waals surface area contributed by atoms with E-state index < -0.39 is 27.7 Å². The van der Waals surface area contributed by atoms with Gasteiger partial charge >= 0.3 is 6.18 Å². The maximum atomic E-state index is 12.9. The van der Waals surface area contributed by atoms with Gasteiger partial charge < -0.3 is 9.39 Å². The van der Waals surface area contributed by atoms with Gasteiger partial charge in [-0.05, 0) is 23.6 Å². The molecule has 4 rings (SSSR count). The Morgan fingerprint density at radius 1 is 1.30 bits per heavy atom. The Morgan fingerprint density at radius 2 is 2.11 bits per heavy atom. The van der Waals surface area contributed by atoms with Crippen molar-refractivity contribution in [1.82, 2.24) is 4.31 Å². The van der Waals surface area contributed by atoms with Crippen LogP contribution in [0, 0.1) is 0 Å². The summed E-state index contributed by atoms with van der Waals surface area (Å²) in [5.41, 5.74) is -0.844. The van der Waals surface area contributed by atoms with Gasteiger partial charge in [-0.2, -0.15) is 13.2 Å². The van der Waals surface area contributed by atoms with Crippen molar-refractivity contribution in [2.24, 2.45) is 5.16 Å². The van der Waals surface area contributed by atoms with Gasteiger partial charge in [0, 0.05) is 31.0 Å². The van der Waals surface area contributed by atoms with Crippen molar-refractivity contribution in [3.8, 4) is 0 Å². The first kappa shape index (κ1) is 18.6. The lowest BCUT2D eigenvalue weighted by molar-refractivity contribution is -0.137. The van der Waals surface area contributed by atoms with Crippen LogP contribution in [0.2, 0.25) is 0 Å². The highest BCUT2D eigenvalue weighted by Gasteiger charge is 2.51. The van der Waals surface area contributed by atoms with E-state index in [0.717, 1.165) is 23.5 Å². The van der Waals surface area contributed by atoms with E-state index in [0.29, 0.717) is 17.7 Å². The first-order chi connectivity index (χ1) is 12.7. The molecule has 2 atom stereocenters. The predicted molar refractivity (Wildman–Crippen MR) is 94.0 cm³/mol. The Kier molecular flexibility index (Phi) is 4.41. The molecule has 2 aromatic rings. The van der Waals surface area contributed by atoms with Gasteiger partial charge in [0.1, 0.15) is 0 Å². The second-order valence-electron chi connectivity index (χ2n) is 6.59. The van der Waals surface area contributed by atoms with E-state index in [9.17, 15) is 21.9 Å². The van der Waals surface area contributed by atoms with Crippen molar-refractivity contribution in [1.29, 1.82) is 0 Å². The number of oxime groups is 1. The second-order valence-corrected chi connectivity index (χ2v) is 9.70. The normalized spacial score (nSPS) is 25.4. The predicted octanol–water partition coefficient (Wildman–Crippen LogP) is 3.94. The number of nitrogens with zero attached hydrogens (tertiary/aromatic N) is 2. The van der Waals surface area contributed by atoms with Crippen LogP contribution < -0.4 is 0 Å². The summed E-state index contributed by atoms with van der Waals surface area (Å²) < 4.78 is 65.7. The summed E-state index contributed by atoms with van der Waals surface area (Å²) in [6.45, 7) is 0.408. The van der Waals surface area contributed by atoms with Gasteiger partial charge in [0.25, 0.3) is 0 Å². The first-order valence-electron chi connectivity index (χ1n) is 8.16. The molecule has 10 heteroatoms. The minimum atomic E-state index is -4.44. The van der Waals surface area contributed by atoms with Crippen molar-refractivity contribution in [2.45, 2.75) is 28.8 Å². The summed E-state index contributed by atoms with van der Waals surface area (Å²) >= 11 is 1.14. The number of rotatable bonds is 3. The molecule has 5 nitrogen and oxygen atoms in total. The summed E-state index contributed by atoms with van der Waals surface area (Å²) in [5, 5.41) is 5.67. The Labute approximate surface area is 158 Å². The number of thiophene rings is 1. The highest BCUT2D eigenvalue weighted by atomic mass is 32.3. The average molecular weight is 416 g/mol. The van der Waals surface area contributed by atoms with E-state index in [-0.39, 0.29) is 23.7 Å². The zero-order valence-electron chi connectivity index (χ0n) is 13.9. The molecule has 0 aliphatic carbocycles. The topological polar surface area (TPSA) is 65.0 Å². The molecule has 0 radical (unpaired) electrons. The molecule has 27 heavy (non-hydrogen) atoms. The molecule has 3 heterocycles. The van der Waals surface area contributed by atoms with E-state index in [4.69, 9.17) is 4.84 Å². The van der Waals surface area contributed by atoms with Crippen LogP contribution in [0.3, 0.4) is 0 Å². The minimum absolute atomic E-state index is 0.124. The number of hydrogen-bond donors (Lipinski definition) is 0. The van der Waals surface area contributed by atoms with E-state index in [1.165, 1.54) is 10.4 Å². The third kappa shape index (κ3) is 3.42. The Balaban J connectivity index is 1.51. The molecule has 144 valence electrons. The zero-order valence-corrected chi connectivity index (χ0v) is 15.6. The average Bonchev–Trinajstić information content (AvgIpc) is 3.36. The molecule has 0 amide bonds. The SMILES string of the molecule is O=[S+]([O-])(c1cccs1)N1CCC2(CC(c3cccc(C(F)(F)F)c3)=NO2)C1. The molecular formula is C17H15F3N2O3S2. The Bertz CT molecular complexity index is 930. The monoisotopic (exact) mass is 416 g/mol. The van der Waals surface area contributed by atoms with Crippen molar-refractivity contribution >= 4 is 27.4 Å². The summed E-state index contributed by atoms with van der Waals surface area (Å²) in [4.78, 5) is 5.54. The highest BCUT2D eigenvalue weighted by molar-refractivity contribution is 7.97. The summed E-state index contributed by atoms with van der Waals surface area (Å²) in [5.74, 6) is 0. The fraction of sp³-hybridized carbons (Fsp3) is 0.353. The van der Waals surface area contributed by atoms with E-state index in [2.05, 4.69) is 5.16 Å². The van der Waals surface area contributed by atoms with Crippen LogP contribution in [0.1, 0.15) is 24.0 Å². The van der Waals surface area contributed by atoms with Crippen LogP contribution >= 0.6 is 11.3 Å². The third-order valence-corrected chi connectivity index (χ3v) is 7.95. The number of alkyl halides is 3. The number of halogens is 3. The fourth-order valence-electron chi connectivity index (χ4n) is 3.32. The molecule has 2 aliphatic rings. The highest BCUT2D eigenvalue weighted by Crippen LogP contribution is 2.40. The molecule has 1 fully saturated rings.